The van der Waals surface area contributed by atoms with Crippen molar-refractivity contribution in [1.82, 2.24) is 10.2 Å². The molecule has 0 radical (unpaired) electrons. The molecule has 4 nitrogen and oxygen atoms in total. The second kappa shape index (κ2) is 11.3. The SMILES string of the molecule is Cc1ccccc1CN(C(=O)CSCc1ccccc1F)[C@@H](C)C(=O)NC1CCCC1. The van der Waals surface area contributed by atoms with Crippen LogP contribution in [0.2, 0.25) is 0 Å². The zero-order valence-corrected chi connectivity index (χ0v) is 19.1. The van der Waals surface area contributed by atoms with Crippen LogP contribution in [-0.4, -0.2) is 34.6 Å². The smallest absolute Gasteiger partial charge is 0.242 e. The maximum atomic E-state index is 13.9. The fourth-order valence-corrected chi connectivity index (χ4v) is 4.79. The zero-order chi connectivity index (χ0) is 22.2. The highest BCUT2D eigenvalue weighted by atomic mass is 32.2. The van der Waals surface area contributed by atoms with E-state index in [-0.39, 0.29) is 29.4 Å². The van der Waals surface area contributed by atoms with Crippen molar-refractivity contribution in [2.75, 3.05) is 5.75 Å². The molecule has 0 aromatic heterocycles. The van der Waals surface area contributed by atoms with Crippen LogP contribution >= 0.6 is 11.8 Å². The van der Waals surface area contributed by atoms with E-state index < -0.39 is 6.04 Å². The molecule has 31 heavy (non-hydrogen) atoms. The molecular formula is C25H31FN2O2S. The average molecular weight is 443 g/mol. The van der Waals surface area contributed by atoms with Gasteiger partial charge >= 0.3 is 0 Å². The van der Waals surface area contributed by atoms with E-state index in [1.54, 1.807) is 30.0 Å². The minimum atomic E-state index is -0.568. The Kier molecular flexibility index (Phi) is 8.52. The number of thioether (sulfide) groups is 1. The first-order valence-corrected chi connectivity index (χ1v) is 12.1. The van der Waals surface area contributed by atoms with Crippen LogP contribution in [0.5, 0.6) is 0 Å². The first-order chi connectivity index (χ1) is 15.0. The number of aryl methyl sites for hydroxylation is 1. The summed E-state index contributed by atoms with van der Waals surface area (Å²) in [7, 11) is 0. The van der Waals surface area contributed by atoms with E-state index in [9.17, 15) is 14.0 Å². The minimum Gasteiger partial charge on any atom is -0.352 e. The third-order valence-electron chi connectivity index (χ3n) is 5.91. The largest absolute Gasteiger partial charge is 0.352 e. The van der Waals surface area contributed by atoms with Crippen molar-refractivity contribution in [1.29, 1.82) is 0 Å². The predicted molar refractivity (Wildman–Crippen MR) is 124 cm³/mol. The fourth-order valence-electron chi connectivity index (χ4n) is 3.89. The third-order valence-corrected chi connectivity index (χ3v) is 6.88. The number of halogens is 1. The Bertz CT molecular complexity index is 899. The first kappa shape index (κ1) is 23.3. The van der Waals surface area contributed by atoms with Crippen molar-refractivity contribution < 1.29 is 14.0 Å². The van der Waals surface area contributed by atoms with Crippen molar-refractivity contribution in [3.05, 3.63) is 71.0 Å². The minimum absolute atomic E-state index is 0.104. The summed E-state index contributed by atoms with van der Waals surface area (Å²) in [6.07, 6.45) is 4.28. The van der Waals surface area contributed by atoms with Gasteiger partial charge in [-0.15, -0.1) is 11.8 Å². The lowest BCUT2D eigenvalue weighted by Gasteiger charge is -2.30. The van der Waals surface area contributed by atoms with Crippen molar-refractivity contribution in [2.24, 2.45) is 0 Å². The molecule has 2 aromatic rings. The van der Waals surface area contributed by atoms with Gasteiger partial charge in [0.25, 0.3) is 0 Å². The highest BCUT2D eigenvalue weighted by Gasteiger charge is 2.28. The molecule has 1 N–H and O–H groups in total. The standard InChI is InChI=1S/C25H31FN2O2S/c1-18-9-3-4-10-20(18)15-28(19(2)25(30)27-22-12-6-7-13-22)24(29)17-31-16-21-11-5-8-14-23(21)26/h3-5,8-11,14,19,22H,6-7,12-13,15-17H2,1-2H3,(H,27,30)/t19-/m0/s1. The van der Waals surface area contributed by atoms with Gasteiger partial charge in [0.1, 0.15) is 11.9 Å². The lowest BCUT2D eigenvalue weighted by atomic mass is 10.1. The Morgan fingerprint density at radius 2 is 1.74 bits per heavy atom. The molecule has 1 fully saturated rings. The van der Waals surface area contributed by atoms with Crippen molar-refractivity contribution >= 4 is 23.6 Å². The zero-order valence-electron chi connectivity index (χ0n) is 18.3. The molecule has 6 heteroatoms. The highest BCUT2D eigenvalue weighted by molar-refractivity contribution is 7.99. The molecule has 1 saturated carbocycles. The quantitative estimate of drug-likeness (QED) is 0.604. The molecule has 0 aliphatic heterocycles. The van der Waals surface area contributed by atoms with E-state index in [0.717, 1.165) is 36.8 Å². The molecule has 0 spiro atoms. The van der Waals surface area contributed by atoms with E-state index in [1.165, 1.54) is 17.8 Å². The Morgan fingerprint density at radius 3 is 2.42 bits per heavy atom. The predicted octanol–water partition coefficient (Wildman–Crippen LogP) is 4.84. The first-order valence-electron chi connectivity index (χ1n) is 10.9. The monoisotopic (exact) mass is 442 g/mol. The number of nitrogens with zero attached hydrogens (tertiary/aromatic N) is 1. The van der Waals surface area contributed by atoms with Crippen LogP contribution in [0, 0.1) is 12.7 Å². The van der Waals surface area contributed by atoms with Gasteiger partial charge in [-0.3, -0.25) is 9.59 Å². The summed E-state index contributed by atoms with van der Waals surface area (Å²) in [4.78, 5) is 27.7. The summed E-state index contributed by atoms with van der Waals surface area (Å²) < 4.78 is 13.9. The number of carbonyl (C=O) groups excluding carboxylic acids is 2. The Labute approximate surface area is 188 Å². The lowest BCUT2D eigenvalue weighted by Crippen LogP contribution is -2.50. The topological polar surface area (TPSA) is 49.4 Å². The fraction of sp³-hybridized carbons (Fsp3) is 0.440. The molecule has 1 aliphatic carbocycles. The van der Waals surface area contributed by atoms with E-state index in [4.69, 9.17) is 0 Å². The second-order valence-electron chi connectivity index (χ2n) is 8.20. The van der Waals surface area contributed by atoms with Gasteiger partial charge in [0, 0.05) is 18.3 Å². The van der Waals surface area contributed by atoms with Crippen molar-refractivity contribution in [2.45, 2.75) is 63.9 Å². The van der Waals surface area contributed by atoms with Crippen LogP contribution in [0.15, 0.2) is 48.5 Å². The van der Waals surface area contributed by atoms with Crippen molar-refractivity contribution in [3.8, 4) is 0 Å². The Balaban J connectivity index is 1.67. The number of amides is 2. The van der Waals surface area contributed by atoms with Crippen LogP contribution in [0.3, 0.4) is 0 Å². The van der Waals surface area contributed by atoms with Gasteiger partial charge in [-0.25, -0.2) is 4.39 Å². The van der Waals surface area contributed by atoms with E-state index >= 15 is 0 Å². The number of hydrogen-bond acceptors (Lipinski definition) is 3. The summed E-state index contributed by atoms with van der Waals surface area (Å²) in [5, 5.41) is 3.11. The lowest BCUT2D eigenvalue weighted by molar-refractivity contribution is -0.139. The maximum Gasteiger partial charge on any atom is 0.242 e. The van der Waals surface area contributed by atoms with Crippen LogP contribution in [0.25, 0.3) is 0 Å². The number of hydrogen-bond donors (Lipinski definition) is 1. The number of rotatable bonds is 9. The highest BCUT2D eigenvalue weighted by Crippen LogP contribution is 2.20. The number of nitrogens with one attached hydrogen (secondary N) is 1. The van der Waals surface area contributed by atoms with E-state index in [1.807, 2.05) is 31.2 Å². The molecule has 166 valence electrons. The van der Waals surface area contributed by atoms with E-state index in [2.05, 4.69) is 5.32 Å². The van der Waals surface area contributed by atoms with Crippen LogP contribution in [-0.2, 0) is 21.9 Å². The Hall–Kier alpha value is -2.34. The van der Waals surface area contributed by atoms with E-state index in [0.29, 0.717) is 17.9 Å². The van der Waals surface area contributed by atoms with Gasteiger partial charge in [0.05, 0.1) is 5.75 Å². The normalized spacial score (nSPS) is 14.9. The molecule has 0 unspecified atom stereocenters. The summed E-state index contributed by atoms with van der Waals surface area (Å²) in [6.45, 7) is 4.18. The van der Waals surface area contributed by atoms with Gasteiger partial charge in [0.2, 0.25) is 11.8 Å². The Morgan fingerprint density at radius 1 is 1.10 bits per heavy atom. The molecule has 3 rings (SSSR count). The van der Waals surface area contributed by atoms with Gasteiger partial charge < -0.3 is 10.2 Å². The molecule has 2 aromatic carbocycles. The molecule has 1 aliphatic rings. The molecule has 0 saturated heterocycles. The third kappa shape index (κ3) is 6.57. The van der Waals surface area contributed by atoms with Gasteiger partial charge in [-0.2, -0.15) is 0 Å². The van der Waals surface area contributed by atoms with Gasteiger partial charge in [-0.1, -0.05) is 55.3 Å². The van der Waals surface area contributed by atoms with Crippen LogP contribution < -0.4 is 5.32 Å². The molecular weight excluding hydrogens is 411 g/mol. The summed E-state index contributed by atoms with van der Waals surface area (Å²) in [6, 6.07) is 14.2. The summed E-state index contributed by atoms with van der Waals surface area (Å²) in [5.41, 5.74) is 2.69. The molecule has 0 heterocycles. The van der Waals surface area contributed by atoms with Gasteiger partial charge in [0.15, 0.2) is 0 Å². The average Bonchev–Trinajstić information content (AvgIpc) is 3.27. The maximum absolute atomic E-state index is 13.9. The molecule has 0 bridgehead atoms. The molecule has 2 amide bonds. The number of benzene rings is 2. The van der Waals surface area contributed by atoms with Crippen molar-refractivity contribution in [3.63, 3.8) is 0 Å². The summed E-state index contributed by atoms with van der Waals surface area (Å²) in [5.74, 6) is 0.135. The second-order valence-corrected chi connectivity index (χ2v) is 9.18. The molecule has 1 atom stereocenters. The number of carbonyl (C=O) groups is 2. The summed E-state index contributed by atoms with van der Waals surface area (Å²) >= 11 is 1.37. The van der Waals surface area contributed by atoms with Crippen LogP contribution in [0.4, 0.5) is 4.39 Å². The van der Waals surface area contributed by atoms with Crippen LogP contribution in [0.1, 0.15) is 49.3 Å². The van der Waals surface area contributed by atoms with Gasteiger partial charge in [-0.05, 0) is 49.4 Å².